The van der Waals surface area contributed by atoms with Crippen LogP contribution in [0.25, 0.3) is 0 Å². The molecule has 3 aromatic carbocycles. The third-order valence-corrected chi connectivity index (χ3v) is 6.46. The van der Waals surface area contributed by atoms with Crippen molar-refractivity contribution in [2.24, 2.45) is 0 Å². The van der Waals surface area contributed by atoms with Crippen LogP contribution >= 0.6 is 15.9 Å². The molecule has 2 amide bonds. The van der Waals surface area contributed by atoms with Crippen LogP contribution < -0.4 is 15.6 Å². The molecule has 7 nitrogen and oxygen atoms in total. The summed E-state index contributed by atoms with van der Waals surface area (Å²) in [4.78, 5) is 24.1. The Morgan fingerprint density at radius 3 is 2.19 bits per heavy atom. The largest absolute Gasteiger partial charge is 0.489 e. The van der Waals surface area contributed by atoms with Crippen LogP contribution in [0.5, 0.6) is 5.75 Å². The van der Waals surface area contributed by atoms with Gasteiger partial charge in [-0.25, -0.2) is 8.42 Å². The topological polar surface area (TPSA) is 102 Å². The molecular formula is C23H21BrN2O5S. The first-order chi connectivity index (χ1) is 15.3. The fourth-order valence-corrected chi connectivity index (χ4v) is 4.49. The lowest BCUT2D eigenvalue weighted by Gasteiger charge is -2.09. The summed E-state index contributed by atoms with van der Waals surface area (Å²) in [7, 11) is -3.83. The number of rotatable bonds is 8. The highest BCUT2D eigenvalue weighted by atomic mass is 79.9. The molecule has 2 N–H and O–H groups in total. The maximum atomic E-state index is 12.3. The smallest absolute Gasteiger partial charge is 0.253 e. The Hall–Kier alpha value is -3.17. The lowest BCUT2D eigenvalue weighted by atomic mass is 10.1. The second-order valence-corrected chi connectivity index (χ2v) is 9.81. The molecule has 0 aromatic heterocycles. The number of hydrogen-bond donors (Lipinski definition) is 2. The summed E-state index contributed by atoms with van der Waals surface area (Å²) >= 11 is 3.20. The van der Waals surface area contributed by atoms with E-state index in [0.717, 1.165) is 5.56 Å². The fourth-order valence-electron chi connectivity index (χ4n) is 2.77. The molecule has 9 heteroatoms. The second-order valence-electron chi connectivity index (χ2n) is 6.91. The van der Waals surface area contributed by atoms with Crippen LogP contribution in [0.15, 0.2) is 88.2 Å². The molecule has 0 aliphatic heterocycles. The van der Waals surface area contributed by atoms with E-state index in [9.17, 15) is 18.0 Å². The number of nitrogens with one attached hydrogen (secondary N) is 2. The molecule has 0 saturated heterocycles. The van der Waals surface area contributed by atoms with E-state index in [1.165, 1.54) is 12.1 Å². The number of carbonyl (C=O) groups is 2. The molecule has 0 aliphatic carbocycles. The fraction of sp³-hybridized carbons (Fsp3) is 0.130. The highest BCUT2D eigenvalue weighted by Gasteiger charge is 2.20. The van der Waals surface area contributed by atoms with Crippen LogP contribution in [0, 0.1) is 0 Å². The number of hydrogen-bond acceptors (Lipinski definition) is 5. The maximum absolute atomic E-state index is 12.3. The van der Waals surface area contributed by atoms with Crippen molar-refractivity contribution < 1.29 is 22.7 Å². The summed E-state index contributed by atoms with van der Waals surface area (Å²) < 4.78 is 30.9. The SMILES string of the molecule is O=C(Cc1ccc(OCc2ccccc2)cc1)NNC(=O)CS(=O)(=O)c1cccc(Br)c1. The van der Waals surface area contributed by atoms with Gasteiger partial charge in [0.25, 0.3) is 5.91 Å². The number of hydrazine groups is 1. The van der Waals surface area contributed by atoms with Gasteiger partial charge in [0.2, 0.25) is 5.91 Å². The van der Waals surface area contributed by atoms with E-state index in [0.29, 0.717) is 22.4 Å². The van der Waals surface area contributed by atoms with E-state index in [-0.39, 0.29) is 11.3 Å². The van der Waals surface area contributed by atoms with Gasteiger partial charge in [-0.3, -0.25) is 20.4 Å². The lowest BCUT2D eigenvalue weighted by molar-refractivity contribution is -0.127. The van der Waals surface area contributed by atoms with Crippen molar-refractivity contribution in [3.63, 3.8) is 0 Å². The van der Waals surface area contributed by atoms with Crippen molar-refractivity contribution >= 4 is 37.6 Å². The minimum Gasteiger partial charge on any atom is -0.489 e. The molecule has 0 saturated carbocycles. The number of benzene rings is 3. The zero-order chi connectivity index (χ0) is 23.0. The number of ether oxygens (including phenoxy) is 1. The van der Waals surface area contributed by atoms with E-state index >= 15 is 0 Å². The Labute approximate surface area is 194 Å². The van der Waals surface area contributed by atoms with Gasteiger partial charge >= 0.3 is 0 Å². The molecule has 3 aromatic rings. The maximum Gasteiger partial charge on any atom is 0.253 e. The predicted octanol–water partition coefficient (Wildman–Crippen LogP) is 3.19. The van der Waals surface area contributed by atoms with Crippen LogP contribution in [-0.2, 0) is 32.5 Å². The Kier molecular flexibility index (Phi) is 8.02. The Balaban J connectivity index is 1.44. The second kappa shape index (κ2) is 10.9. The van der Waals surface area contributed by atoms with Crippen molar-refractivity contribution in [2.75, 3.05) is 5.75 Å². The third kappa shape index (κ3) is 7.21. The minimum atomic E-state index is -3.83. The summed E-state index contributed by atoms with van der Waals surface area (Å²) in [6.07, 6.45) is 0.0115. The third-order valence-electron chi connectivity index (χ3n) is 4.35. The summed E-state index contributed by atoms with van der Waals surface area (Å²) in [6, 6.07) is 22.8. The van der Waals surface area contributed by atoms with Gasteiger partial charge in [-0.2, -0.15) is 0 Å². The molecule has 0 heterocycles. The van der Waals surface area contributed by atoms with Crippen molar-refractivity contribution in [2.45, 2.75) is 17.9 Å². The van der Waals surface area contributed by atoms with Crippen molar-refractivity contribution in [3.05, 3.63) is 94.5 Å². The predicted molar refractivity (Wildman–Crippen MR) is 123 cm³/mol. The molecule has 166 valence electrons. The first-order valence-electron chi connectivity index (χ1n) is 9.63. The Bertz CT molecular complexity index is 1180. The molecule has 0 radical (unpaired) electrons. The Morgan fingerprint density at radius 1 is 0.812 bits per heavy atom. The highest BCUT2D eigenvalue weighted by molar-refractivity contribution is 9.10. The van der Waals surface area contributed by atoms with Gasteiger partial charge < -0.3 is 4.74 Å². The van der Waals surface area contributed by atoms with Crippen LogP contribution in [0.1, 0.15) is 11.1 Å². The van der Waals surface area contributed by atoms with Crippen molar-refractivity contribution in [1.29, 1.82) is 0 Å². The van der Waals surface area contributed by atoms with Gasteiger partial charge in [-0.05, 0) is 41.5 Å². The summed E-state index contributed by atoms with van der Waals surface area (Å²) in [5, 5.41) is 0. The zero-order valence-corrected chi connectivity index (χ0v) is 19.4. The average Bonchev–Trinajstić information content (AvgIpc) is 2.78. The molecular weight excluding hydrogens is 496 g/mol. The lowest BCUT2D eigenvalue weighted by Crippen LogP contribution is -2.44. The molecule has 0 spiro atoms. The number of carbonyl (C=O) groups excluding carboxylic acids is 2. The first kappa shape index (κ1) is 23.5. The Morgan fingerprint density at radius 2 is 1.50 bits per heavy atom. The standard InChI is InChI=1S/C23H21BrN2O5S/c24-19-7-4-8-21(14-19)32(29,30)16-23(28)26-25-22(27)13-17-9-11-20(12-10-17)31-15-18-5-2-1-3-6-18/h1-12,14H,13,15-16H2,(H,25,27)(H,26,28). The highest BCUT2D eigenvalue weighted by Crippen LogP contribution is 2.17. The van der Waals surface area contributed by atoms with Crippen molar-refractivity contribution in [1.82, 2.24) is 10.9 Å². The number of amides is 2. The molecule has 0 fully saturated rings. The quantitative estimate of drug-likeness (QED) is 0.447. The van der Waals surface area contributed by atoms with Crippen LogP contribution in [0.3, 0.4) is 0 Å². The van der Waals surface area contributed by atoms with E-state index in [4.69, 9.17) is 4.74 Å². The van der Waals surface area contributed by atoms with Gasteiger partial charge in [0.05, 0.1) is 11.3 Å². The van der Waals surface area contributed by atoms with Gasteiger partial charge in [-0.15, -0.1) is 0 Å². The summed E-state index contributed by atoms with van der Waals surface area (Å²) in [6.45, 7) is 0.440. The van der Waals surface area contributed by atoms with E-state index < -0.39 is 27.4 Å². The molecule has 0 bridgehead atoms. The van der Waals surface area contributed by atoms with Gasteiger partial charge in [0, 0.05) is 4.47 Å². The summed E-state index contributed by atoms with van der Waals surface area (Å²) in [5.41, 5.74) is 6.14. The van der Waals surface area contributed by atoms with Gasteiger partial charge in [-0.1, -0.05) is 64.5 Å². The minimum absolute atomic E-state index is 0.0115. The normalized spacial score (nSPS) is 10.9. The summed E-state index contributed by atoms with van der Waals surface area (Å²) in [5.74, 6) is -1.42. The van der Waals surface area contributed by atoms with E-state index in [1.54, 1.807) is 36.4 Å². The van der Waals surface area contributed by atoms with Crippen LogP contribution in [-0.4, -0.2) is 26.0 Å². The zero-order valence-electron chi connectivity index (χ0n) is 17.0. The molecule has 0 atom stereocenters. The van der Waals surface area contributed by atoms with Crippen LogP contribution in [0.2, 0.25) is 0 Å². The molecule has 32 heavy (non-hydrogen) atoms. The van der Waals surface area contributed by atoms with Crippen molar-refractivity contribution in [3.8, 4) is 5.75 Å². The average molecular weight is 517 g/mol. The van der Waals surface area contributed by atoms with Crippen LogP contribution in [0.4, 0.5) is 0 Å². The van der Waals surface area contributed by atoms with E-state index in [1.807, 2.05) is 30.3 Å². The number of sulfone groups is 1. The van der Waals surface area contributed by atoms with E-state index in [2.05, 4.69) is 26.8 Å². The molecule has 0 unspecified atom stereocenters. The first-order valence-corrected chi connectivity index (χ1v) is 12.1. The monoisotopic (exact) mass is 516 g/mol. The molecule has 0 aliphatic rings. The van der Waals surface area contributed by atoms with Gasteiger partial charge in [0.1, 0.15) is 18.1 Å². The van der Waals surface area contributed by atoms with Gasteiger partial charge in [0.15, 0.2) is 9.84 Å². The number of halogens is 1. The molecule has 3 rings (SSSR count).